The third-order valence-corrected chi connectivity index (χ3v) is 3.66. The van der Waals surface area contributed by atoms with Crippen LogP contribution in [0.5, 0.6) is 0 Å². The van der Waals surface area contributed by atoms with Crippen molar-refractivity contribution in [1.82, 2.24) is 14.8 Å². The van der Waals surface area contributed by atoms with Gasteiger partial charge < -0.3 is 11.1 Å². The Hall–Kier alpha value is -1.62. The monoisotopic (exact) mass is 245 g/mol. The van der Waals surface area contributed by atoms with Crippen LogP contribution in [0, 0.1) is 0 Å². The highest BCUT2D eigenvalue weighted by atomic mass is 15.2. The molecule has 2 aromatic rings. The minimum atomic E-state index is 0.380. The van der Waals surface area contributed by atoms with Gasteiger partial charge >= 0.3 is 0 Å². The second-order valence-corrected chi connectivity index (χ2v) is 5.15. The number of pyridine rings is 1. The molecule has 0 atom stereocenters. The standard InChI is InChI=1S/C13H19N5/c1-18-8-11-12(17-18)6-7-15-13(11)16-10-4-2-9(14)3-5-10/h6-10H,2-5,14H2,1H3,(H,15,16). The van der Waals surface area contributed by atoms with Gasteiger partial charge in [0.05, 0.1) is 10.9 Å². The van der Waals surface area contributed by atoms with Crippen LogP contribution < -0.4 is 11.1 Å². The summed E-state index contributed by atoms with van der Waals surface area (Å²) in [4.78, 5) is 4.44. The number of aromatic nitrogens is 3. The fourth-order valence-corrected chi connectivity index (χ4v) is 2.64. The van der Waals surface area contributed by atoms with Crippen LogP contribution in [0.15, 0.2) is 18.5 Å². The van der Waals surface area contributed by atoms with Crippen LogP contribution in [-0.2, 0) is 7.05 Å². The second kappa shape index (κ2) is 4.57. The Kier molecular flexibility index (Phi) is 2.91. The van der Waals surface area contributed by atoms with E-state index in [4.69, 9.17) is 5.73 Å². The van der Waals surface area contributed by atoms with E-state index in [1.165, 1.54) is 0 Å². The van der Waals surface area contributed by atoms with E-state index in [1.807, 2.05) is 30.2 Å². The fourth-order valence-electron chi connectivity index (χ4n) is 2.64. The minimum Gasteiger partial charge on any atom is -0.367 e. The lowest BCUT2D eigenvalue weighted by Crippen LogP contribution is -2.33. The quantitative estimate of drug-likeness (QED) is 0.844. The maximum absolute atomic E-state index is 5.93. The SMILES string of the molecule is Cn1cc2c(NC3CCC(N)CC3)nccc2n1. The Morgan fingerprint density at radius 3 is 2.89 bits per heavy atom. The molecule has 0 aromatic carbocycles. The molecule has 18 heavy (non-hydrogen) atoms. The number of hydrogen-bond donors (Lipinski definition) is 2. The number of nitrogens with zero attached hydrogens (tertiary/aromatic N) is 3. The van der Waals surface area contributed by atoms with E-state index in [0.29, 0.717) is 12.1 Å². The molecule has 5 nitrogen and oxygen atoms in total. The van der Waals surface area contributed by atoms with Crippen LogP contribution in [0.4, 0.5) is 5.82 Å². The molecule has 1 saturated carbocycles. The van der Waals surface area contributed by atoms with Crippen molar-refractivity contribution in [3.05, 3.63) is 18.5 Å². The number of hydrogen-bond acceptors (Lipinski definition) is 4. The van der Waals surface area contributed by atoms with Gasteiger partial charge in [0.25, 0.3) is 0 Å². The molecular weight excluding hydrogens is 226 g/mol. The average molecular weight is 245 g/mol. The molecule has 0 saturated heterocycles. The van der Waals surface area contributed by atoms with Gasteiger partial charge in [-0.25, -0.2) is 4.98 Å². The van der Waals surface area contributed by atoms with Crippen molar-refractivity contribution in [2.24, 2.45) is 12.8 Å². The summed E-state index contributed by atoms with van der Waals surface area (Å²) in [6.45, 7) is 0. The van der Waals surface area contributed by atoms with Crippen molar-refractivity contribution >= 4 is 16.7 Å². The summed E-state index contributed by atoms with van der Waals surface area (Å²) in [6, 6.07) is 2.81. The molecule has 3 rings (SSSR count). The van der Waals surface area contributed by atoms with Gasteiger partial charge in [-0.05, 0) is 31.7 Å². The van der Waals surface area contributed by atoms with E-state index >= 15 is 0 Å². The predicted molar refractivity (Wildman–Crippen MR) is 72.4 cm³/mol. The third-order valence-electron chi connectivity index (χ3n) is 3.66. The first-order valence-corrected chi connectivity index (χ1v) is 6.53. The van der Waals surface area contributed by atoms with E-state index < -0.39 is 0 Å². The lowest BCUT2D eigenvalue weighted by Gasteiger charge is -2.27. The van der Waals surface area contributed by atoms with Gasteiger partial charge in [-0.2, -0.15) is 5.10 Å². The van der Waals surface area contributed by atoms with Gasteiger partial charge in [-0.3, -0.25) is 4.68 Å². The van der Waals surface area contributed by atoms with Crippen molar-refractivity contribution in [3.63, 3.8) is 0 Å². The normalized spacial score (nSPS) is 24.3. The molecule has 1 aliphatic carbocycles. The zero-order valence-corrected chi connectivity index (χ0v) is 10.6. The average Bonchev–Trinajstić information content (AvgIpc) is 2.73. The van der Waals surface area contributed by atoms with Gasteiger partial charge in [-0.15, -0.1) is 0 Å². The summed E-state index contributed by atoms with van der Waals surface area (Å²) < 4.78 is 1.83. The number of rotatable bonds is 2. The van der Waals surface area contributed by atoms with Gasteiger partial charge in [0, 0.05) is 31.5 Å². The topological polar surface area (TPSA) is 68.8 Å². The van der Waals surface area contributed by atoms with E-state index in [2.05, 4.69) is 15.4 Å². The fraction of sp³-hybridized carbons (Fsp3) is 0.538. The summed E-state index contributed by atoms with van der Waals surface area (Å²) in [5, 5.41) is 9.03. The highest BCUT2D eigenvalue weighted by Crippen LogP contribution is 2.24. The summed E-state index contributed by atoms with van der Waals surface area (Å²) in [5.41, 5.74) is 6.92. The molecule has 0 aliphatic heterocycles. The van der Waals surface area contributed by atoms with Crippen LogP contribution >= 0.6 is 0 Å². The zero-order valence-electron chi connectivity index (χ0n) is 10.6. The Labute approximate surface area is 106 Å². The Bertz CT molecular complexity index is 539. The maximum Gasteiger partial charge on any atom is 0.137 e. The molecule has 0 amide bonds. The molecule has 2 heterocycles. The first kappa shape index (κ1) is 11.5. The van der Waals surface area contributed by atoms with Crippen LogP contribution in [0.25, 0.3) is 10.9 Å². The highest BCUT2D eigenvalue weighted by molar-refractivity contribution is 5.88. The first-order chi connectivity index (χ1) is 8.72. The second-order valence-electron chi connectivity index (χ2n) is 5.15. The first-order valence-electron chi connectivity index (χ1n) is 6.53. The van der Waals surface area contributed by atoms with Gasteiger partial charge in [0.2, 0.25) is 0 Å². The molecule has 5 heteroatoms. The Balaban J connectivity index is 1.82. The Morgan fingerprint density at radius 2 is 2.11 bits per heavy atom. The lowest BCUT2D eigenvalue weighted by molar-refractivity contribution is 0.410. The zero-order chi connectivity index (χ0) is 12.5. The highest BCUT2D eigenvalue weighted by Gasteiger charge is 2.19. The molecule has 1 fully saturated rings. The molecule has 0 spiro atoms. The van der Waals surface area contributed by atoms with Crippen molar-refractivity contribution in [1.29, 1.82) is 0 Å². The largest absolute Gasteiger partial charge is 0.367 e. The van der Waals surface area contributed by atoms with Crippen molar-refractivity contribution < 1.29 is 0 Å². The van der Waals surface area contributed by atoms with Crippen molar-refractivity contribution in [2.45, 2.75) is 37.8 Å². The lowest BCUT2D eigenvalue weighted by atomic mass is 9.92. The van der Waals surface area contributed by atoms with E-state index in [1.54, 1.807) is 0 Å². The predicted octanol–water partition coefficient (Wildman–Crippen LogP) is 1.65. The van der Waals surface area contributed by atoms with Crippen LogP contribution in [0.3, 0.4) is 0 Å². The summed E-state index contributed by atoms with van der Waals surface area (Å²) in [6.07, 6.45) is 8.27. The molecule has 96 valence electrons. The number of nitrogens with one attached hydrogen (secondary N) is 1. The molecule has 1 aliphatic rings. The number of nitrogens with two attached hydrogens (primary N) is 1. The van der Waals surface area contributed by atoms with E-state index in [0.717, 1.165) is 42.4 Å². The number of anilines is 1. The van der Waals surface area contributed by atoms with Crippen molar-refractivity contribution in [3.8, 4) is 0 Å². The van der Waals surface area contributed by atoms with Gasteiger partial charge in [0.1, 0.15) is 5.82 Å². The smallest absolute Gasteiger partial charge is 0.137 e. The molecule has 0 bridgehead atoms. The van der Waals surface area contributed by atoms with Gasteiger partial charge in [0.15, 0.2) is 0 Å². The van der Waals surface area contributed by atoms with E-state index in [-0.39, 0.29) is 0 Å². The summed E-state index contributed by atoms with van der Waals surface area (Å²) in [7, 11) is 1.93. The molecule has 2 aromatic heterocycles. The van der Waals surface area contributed by atoms with Gasteiger partial charge in [-0.1, -0.05) is 0 Å². The Morgan fingerprint density at radius 1 is 1.33 bits per heavy atom. The van der Waals surface area contributed by atoms with Crippen molar-refractivity contribution in [2.75, 3.05) is 5.32 Å². The number of aryl methyl sites for hydroxylation is 1. The van der Waals surface area contributed by atoms with Crippen LogP contribution in [0.1, 0.15) is 25.7 Å². The van der Waals surface area contributed by atoms with E-state index in [9.17, 15) is 0 Å². The molecule has 0 unspecified atom stereocenters. The maximum atomic E-state index is 5.93. The number of fused-ring (bicyclic) bond motifs is 1. The summed E-state index contributed by atoms with van der Waals surface area (Å²) in [5.74, 6) is 0.945. The summed E-state index contributed by atoms with van der Waals surface area (Å²) >= 11 is 0. The van der Waals surface area contributed by atoms with Crippen LogP contribution in [-0.4, -0.2) is 26.8 Å². The molecular formula is C13H19N5. The van der Waals surface area contributed by atoms with Crippen LogP contribution in [0.2, 0.25) is 0 Å². The third kappa shape index (κ3) is 2.18. The molecule has 3 N–H and O–H groups in total. The minimum absolute atomic E-state index is 0.380. The molecule has 0 radical (unpaired) electrons.